The molecule has 3 aromatic carbocycles. The van der Waals surface area contributed by atoms with Crippen LogP contribution >= 0.6 is 0 Å². The quantitative estimate of drug-likeness (QED) is 0.699. The molecule has 0 bridgehead atoms. The van der Waals surface area contributed by atoms with Crippen molar-refractivity contribution in [2.24, 2.45) is 0 Å². The first-order valence-electron chi connectivity index (χ1n) is 8.17. The molecule has 1 amide bonds. The standard InChI is InChI=1S/C21H19NO2/c1-14-11-17-9-5-6-10-19(17)22(14)21(23)18-12-15-7-3-4-8-16(15)13-20(18)24-2/h3-10,12-14H,11H2,1-2H3. The molecule has 120 valence electrons. The van der Waals surface area contributed by atoms with Gasteiger partial charge in [-0.3, -0.25) is 4.79 Å². The number of rotatable bonds is 2. The molecule has 3 heteroatoms. The topological polar surface area (TPSA) is 29.5 Å². The van der Waals surface area contributed by atoms with E-state index in [0.29, 0.717) is 11.3 Å². The molecule has 0 spiro atoms. The average molecular weight is 317 g/mol. The van der Waals surface area contributed by atoms with E-state index in [-0.39, 0.29) is 11.9 Å². The molecule has 24 heavy (non-hydrogen) atoms. The van der Waals surface area contributed by atoms with Gasteiger partial charge in [-0.2, -0.15) is 0 Å². The monoisotopic (exact) mass is 317 g/mol. The van der Waals surface area contributed by atoms with E-state index in [9.17, 15) is 4.79 Å². The lowest BCUT2D eigenvalue weighted by Gasteiger charge is -2.24. The molecule has 0 fully saturated rings. The van der Waals surface area contributed by atoms with Crippen molar-refractivity contribution in [3.05, 3.63) is 71.8 Å². The average Bonchev–Trinajstić information content (AvgIpc) is 2.95. The van der Waals surface area contributed by atoms with Crippen LogP contribution < -0.4 is 9.64 Å². The predicted octanol–water partition coefficient (Wildman–Crippen LogP) is 4.44. The number of anilines is 1. The van der Waals surface area contributed by atoms with E-state index >= 15 is 0 Å². The minimum absolute atomic E-state index is 0.00458. The van der Waals surface area contributed by atoms with E-state index < -0.39 is 0 Å². The van der Waals surface area contributed by atoms with Gasteiger partial charge < -0.3 is 9.64 Å². The van der Waals surface area contributed by atoms with Gasteiger partial charge in [-0.15, -0.1) is 0 Å². The first-order chi connectivity index (χ1) is 11.7. The van der Waals surface area contributed by atoms with E-state index in [0.717, 1.165) is 22.9 Å². The highest BCUT2D eigenvalue weighted by molar-refractivity contribution is 6.11. The van der Waals surface area contributed by atoms with Crippen molar-refractivity contribution in [1.29, 1.82) is 0 Å². The Bertz CT molecular complexity index is 932. The summed E-state index contributed by atoms with van der Waals surface area (Å²) in [6.45, 7) is 2.09. The summed E-state index contributed by atoms with van der Waals surface area (Å²) in [5.74, 6) is 0.616. The minimum atomic E-state index is -0.00458. The summed E-state index contributed by atoms with van der Waals surface area (Å²) in [5, 5.41) is 2.11. The highest BCUT2D eigenvalue weighted by Crippen LogP contribution is 2.35. The third kappa shape index (κ3) is 2.24. The molecule has 1 atom stereocenters. The third-order valence-electron chi connectivity index (χ3n) is 4.72. The zero-order valence-electron chi connectivity index (χ0n) is 13.8. The molecule has 3 nitrogen and oxygen atoms in total. The van der Waals surface area contributed by atoms with Crippen LogP contribution in [0.1, 0.15) is 22.8 Å². The van der Waals surface area contributed by atoms with Crippen LogP contribution in [-0.2, 0) is 6.42 Å². The van der Waals surface area contributed by atoms with Gasteiger partial charge in [-0.25, -0.2) is 0 Å². The number of hydrogen-bond acceptors (Lipinski definition) is 2. The Morgan fingerprint density at radius 2 is 1.71 bits per heavy atom. The maximum atomic E-state index is 13.3. The van der Waals surface area contributed by atoms with Gasteiger partial charge >= 0.3 is 0 Å². The van der Waals surface area contributed by atoms with Crippen LogP contribution in [0, 0.1) is 0 Å². The SMILES string of the molecule is COc1cc2ccccc2cc1C(=O)N1c2ccccc2CC1C. The zero-order valence-corrected chi connectivity index (χ0v) is 13.8. The molecular formula is C21H19NO2. The molecule has 0 aliphatic carbocycles. The Labute approximate surface area is 141 Å². The van der Waals surface area contributed by atoms with Crippen LogP contribution in [-0.4, -0.2) is 19.1 Å². The van der Waals surface area contributed by atoms with Crippen molar-refractivity contribution >= 4 is 22.4 Å². The van der Waals surface area contributed by atoms with Crippen LogP contribution in [0.5, 0.6) is 5.75 Å². The highest BCUT2D eigenvalue weighted by Gasteiger charge is 2.32. The molecule has 1 aliphatic rings. The van der Waals surface area contributed by atoms with E-state index in [2.05, 4.69) is 13.0 Å². The number of nitrogens with zero attached hydrogens (tertiary/aromatic N) is 1. The second-order valence-electron chi connectivity index (χ2n) is 6.26. The predicted molar refractivity (Wildman–Crippen MR) is 96.9 cm³/mol. The Balaban J connectivity index is 1.84. The number of ether oxygens (including phenoxy) is 1. The van der Waals surface area contributed by atoms with Gasteiger partial charge in [0.15, 0.2) is 0 Å². The number of para-hydroxylation sites is 1. The maximum Gasteiger partial charge on any atom is 0.262 e. The fourth-order valence-electron chi connectivity index (χ4n) is 3.56. The van der Waals surface area contributed by atoms with E-state index in [1.807, 2.05) is 59.5 Å². The molecule has 0 saturated carbocycles. The summed E-state index contributed by atoms with van der Waals surface area (Å²) in [6, 6.07) is 20.2. The number of fused-ring (bicyclic) bond motifs is 2. The van der Waals surface area contributed by atoms with Gasteiger partial charge in [0.25, 0.3) is 5.91 Å². The van der Waals surface area contributed by atoms with Gasteiger partial charge in [0.1, 0.15) is 5.75 Å². The molecule has 0 N–H and O–H groups in total. The second kappa shape index (κ2) is 5.68. The number of methoxy groups -OCH3 is 1. The maximum absolute atomic E-state index is 13.3. The van der Waals surface area contributed by atoms with Crippen LogP contribution in [0.2, 0.25) is 0 Å². The van der Waals surface area contributed by atoms with Gasteiger partial charge in [-0.05, 0) is 47.9 Å². The van der Waals surface area contributed by atoms with E-state index in [4.69, 9.17) is 4.74 Å². The van der Waals surface area contributed by atoms with Crippen molar-refractivity contribution in [3.8, 4) is 5.75 Å². The Morgan fingerprint density at radius 3 is 2.46 bits per heavy atom. The summed E-state index contributed by atoms with van der Waals surface area (Å²) in [6.07, 6.45) is 0.887. The lowest BCUT2D eigenvalue weighted by atomic mass is 10.0. The van der Waals surface area contributed by atoms with Crippen LogP contribution in [0.4, 0.5) is 5.69 Å². The third-order valence-corrected chi connectivity index (χ3v) is 4.72. The summed E-state index contributed by atoms with van der Waals surface area (Å²) in [4.78, 5) is 15.2. The largest absolute Gasteiger partial charge is 0.496 e. The molecule has 0 saturated heterocycles. The molecular weight excluding hydrogens is 298 g/mol. The fourth-order valence-corrected chi connectivity index (χ4v) is 3.56. The second-order valence-corrected chi connectivity index (χ2v) is 6.26. The first kappa shape index (κ1) is 14.8. The van der Waals surface area contributed by atoms with E-state index in [1.54, 1.807) is 7.11 Å². The van der Waals surface area contributed by atoms with E-state index in [1.165, 1.54) is 5.56 Å². The Hall–Kier alpha value is -2.81. The molecule has 0 radical (unpaired) electrons. The van der Waals surface area contributed by atoms with Crippen molar-refractivity contribution < 1.29 is 9.53 Å². The number of carbonyl (C=O) groups is 1. The lowest BCUT2D eigenvalue weighted by Crippen LogP contribution is -2.35. The fraction of sp³-hybridized carbons (Fsp3) is 0.190. The van der Waals surface area contributed by atoms with Crippen LogP contribution in [0.25, 0.3) is 10.8 Å². The van der Waals surface area contributed by atoms with Crippen molar-refractivity contribution in [2.75, 3.05) is 12.0 Å². The Kier molecular flexibility index (Phi) is 3.49. The Morgan fingerprint density at radius 1 is 1.04 bits per heavy atom. The smallest absolute Gasteiger partial charge is 0.262 e. The normalized spacial score (nSPS) is 16.2. The van der Waals surface area contributed by atoms with Gasteiger partial charge in [-0.1, -0.05) is 42.5 Å². The summed E-state index contributed by atoms with van der Waals surface area (Å²) in [5.41, 5.74) is 2.84. The van der Waals surface area contributed by atoms with Gasteiger partial charge in [0, 0.05) is 11.7 Å². The van der Waals surface area contributed by atoms with Crippen LogP contribution in [0.3, 0.4) is 0 Å². The molecule has 1 heterocycles. The lowest BCUT2D eigenvalue weighted by molar-refractivity contribution is 0.0978. The summed E-state index contributed by atoms with van der Waals surface area (Å²) >= 11 is 0. The number of benzene rings is 3. The van der Waals surface area contributed by atoms with Crippen LogP contribution in [0.15, 0.2) is 60.7 Å². The molecule has 3 aromatic rings. The summed E-state index contributed by atoms with van der Waals surface area (Å²) < 4.78 is 5.51. The minimum Gasteiger partial charge on any atom is -0.496 e. The molecule has 1 aliphatic heterocycles. The molecule has 4 rings (SSSR count). The zero-order chi connectivity index (χ0) is 16.7. The van der Waals surface area contributed by atoms with Gasteiger partial charge in [0.2, 0.25) is 0 Å². The molecule has 0 aromatic heterocycles. The number of amides is 1. The first-order valence-corrected chi connectivity index (χ1v) is 8.17. The number of carbonyl (C=O) groups excluding carboxylic acids is 1. The highest BCUT2D eigenvalue weighted by atomic mass is 16.5. The molecule has 1 unspecified atom stereocenters. The van der Waals surface area contributed by atoms with Crippen molar-refractivity contribution in [1.82, 2.24) is 0 Å². The number of hydrogen-bond donors (Lipinski definition) is 0. The van der Waals surface area contributed by atoms with Crippen molar-refractivity contribution in [3.63, 3.8) is 0 Å². The van der Waals surface area contributed by atoms with Crippen molar-refractivity contribution in [2.45, 2.75) is 19.4 Å². The summed E-state index contributed by atoms with van der Waals surface area (Å²) in [7, 11) is 1.61. The van der Waals surface area contributed by atoms with Gasteiger partial charge in [0.05, 0.1) is 12.7 Å².